The van der Waals surface area contributed by atoms with E-state index in [9.17, 15) is 19.5 Å². The molecule has 3 heterocycles. The first-order valence-corrected chi connectivity index (χ1v) is 13.7. The molecule has 6 rings (SSSR count). The Morgan fingerprint density at radius 1 is 1.03 bits per heavy atom. The molecule has 38 heavy (non-hydrogen) atoms. The first-order valence-electron chi connectivity index (χ1n) is 12.8. The molecule has 2 bridgehead atoms. The Balaban J connectivity index is 1.29. The standard InChI is InChI=1S/C29H28BrN3O5/c30-21-15-29-23(22(24(21)38-29)26(35)31-16-17-6-2-1-3-7-17)28(37)33(12-13-34)25(29)27(36)32-20-11-10-18-8-4-5-9-19(18)14-20/h1-11,14,21-25,34H,12-13,15-16H2,(H,31,35)(H,32,36)/t21?,22-,23-,24-,25?,29?/m0/s1. The molecule has 3 aliphatic rings. The van der Waals surface area contributed by atoms with Crippen molar-refractivity contribution in [3.63, 3.8) is 0 Å². The van der Waals surface area contributed by atoms with Crippen LogP contribution in [-0.4, -0.2) is 63.5 Å². The van der Waals surface area contributed by atoms with Gasteiger partial charge in [-0.05, 0) is 34.9 Å². The number of nitrogens with zero attached hydrogens (tertiary/aromatic N) is 1. The van der Waals surface area contributed by atoms with Gasteiger partial charge in [-0.3, -0.25) is 14.4 Å². The summed E-state index contributed by atoms with van der Waals surface area (Å²) in [6.07, 6.45) is -0.124. The number of hydrogen-bond acceptors (Lipinski definition) is 5. The zero-order valence-corrected chi connectivity index (χ0v) is 22.1. The van der Waals surface area contributed by atoms with Crippen molar-refractivity contribution < 1.29 is 24.2 Å². The highest BCUT2D eigenvalue weighted by Gasteiger charge is 2.76. The van der Waals surface area contributed by atoms with E-state index in [4.69, 9.17) is 4.74 Å². The lowest BCUT2D eigenvalue weighted by Crippen LogP contribution is -2.54. The van der Waals surface area contributed by atoms with E-state index in [1.807, 2.05) is 72.8 Å². The number of fused-ring (bicyclic) bond motifs is 2. The van der Waals surface area contributed by atoms with Crippen LogP contribution in [0.1, 0.15) is 12.0 Å². The van der Waals surface area contributed by atoms with Gasteiger partial charge in [0.25, 0.3) is 0 Å². The van der Waals surface area contributed by atoms with E-state index in [1.165, 1.54) is 4.90 Å². The van der Waals surface area contributed by atoms with E-state index in [0.717, 1.165) is 16.3 Å². The molecule has 0 saturated carbocycles. The summed E-state index contributed by atoms with van der Waals surface area (Å²) in [5.74, 6) is -2.56. The molecular weight excluding hydrogens is 550 g/mol. The van der Waals surface area contributed by atoms with E-state index in [0.29, 0.717) is 18.7 Å². The lowest BCUT2D eigenvalue weighted by Gasteiger charge is -2.34. The first-order chi connectivity index (χ1) is 18.4. The zero-order chi connectivity index (χ0) is 26.4. The fourth-order valence-corrected chi connectivity index (χ4v) is 7.40. The number of β-amino-alcohol motifs (C(OH)–C–C–N with tert-alkyl or cyclic N) is 1. The van der Waals surface area contributed by atoms with Gasteiger partial charge in [-0.25, -0.2) is 0 Å². The second-order valence-corrected chi connectivity index (χ2v) is 11.3. The second kappa shape index (κ2) is 9.80. The summed E-state index contributed by atoms with van der Waals surface area (Å²) < 4.78 is 6.46. The molecule has 3 saturated heterocycles. The summed E-state index contributed by atoms with van der Waals surface area (Å²) in [6, 6.07) is 22.0. The van der Waals surface area contributed by atoms with Crippen LogP contribution in [0, 0.1) is 11.8 Å². The van der Waals surface area contributed by atoms with Crippen molar-refractivity contribution in [2.24, 2.45) is 11.8 Å². The Kier molecular flexibility index (Phi) is 6.45. The van der Waals surface area contributed by atoms with Crippen LogP contribution in [0.3, 0.4) is 0 Å². The maximum Gasteiger partial charge on any atom is 0.250 e. The largest absolute Gasteiger partial charge is 0.395 e. The number of aliphatic hydroxyl groups excluding tert-OH is 1. The number of hydrogen-bond donors (Lipinski definition) is 3. The summed E-state index contributed by atoms with van der Waals surface area (Å²) in [6.45, 7) is 0.00253. The molecule has 3 aliphatic heterocycles. The molecule has 8 nitrogen and oxygen atoms in total. The van der Waals surface area contributed by atoms with Crippen molar-refractivity contribution in [3.05, 3.63) is 78.4 Å². The van der Waals surface area contributed by atoms with Crippen molar-refractivity contribution in [1.82, 2.24) is 10.2 Å². The second-order valence-electron chi connectivity index (χ2n) is 10.2. The fraction of sp³-hybridized carbons (Fsp3) is 0.345. The van der Waals surface area contributed by atoms with Gasteiger partial charge < -0.3 is 25.4 Å². The summed E-state index contributed by atoms with van der Waals surface area (Å²) in [5.41, 5.74) is 0.383. The molecule has 0 radical (unpaired) electrons. The lowest BCUT2D eigenvalue weighted by atomic mass is 9.70. The average Bonchev–Trinajstić information content (AvgIpc) is 3.51. The Labute approximate surface area is 228 Å². The molecule has 0 aromatic heterocycles. The zero-order valence-electron chi connectivity index (χ0n) is 20.5. The van der Waals surface area contributed by atoms with Gasteiger partial charge in [0.1, 0.15) is 11.6 Å². The number of aliphatic hydroxyl groups is 1. The minimum absolute atomic E-state index is 0.0216. The highest BCUT2D eigenvalue weighted by Crippen LogP contribution is 2.60. The minimum Gasteiger partial charge on any atom is -0.395 e. The van der Waals surface area contributed by atoms with Crippen LogP contribution >= 0.6 is 15.9 Å². The fourth-order valence-electron chi connectivity index (χ4n) is 6.46. The van der Waals surface area contributed by atoms with Gasteiger partial charge in [0.2, 0.25) is 17.7 Å². The number of amides is 3. The Morgan fingerprint density at radius 3 is 2.53 bits per heavy atom. The van der Waals surface area contributed by atoms with E-state index >= 15 is 0 Å². The lowest BCUT2D eigenvalue weighted by molar-refractivity contribution is -0.141. The van der Waals surface area contributed by atoms with Crippen LogP contribution in [0.15, 0.2) is 72.8 Å². The van der Waals surface area contributed by atoms with Crippen LogP contribution in [-0.2, 0) is 25.7 Å². The highest BCUT2D eigenvalue weighted by atomic mass is 79.9. The summed E-state index contributed by atoms with van der Waals surface area (Å²) in [5, 5.41) is 17.7. The highest BCUT2D eigenvalue weighted by molar-refractivity contribution is 9.09. The number of likely N-dealkylation sites (tertiary alicyclic amines) is 1. The Morgan fingerprint density at radius 2 is 1.76 bits per heavy atom. The molecule has 1 spiro atoms. The Hall–Kier alpha value is -3.27. The van der Waals surface area contributed by atoms with E-state index in [-0.39, 0.29) is 29.8 Å². The number of anilines is 1. The molecule has 3 aromatic carbocycles. The Bertz CT molecular complexity index is 1400. The smallest absolute Gasteiger partial charge is 0.250 e. The van der Waals surface area contributed by atoms with E-state index in [1.54, 1.807) is 0 Å². The molecule has 3 N–H and O–H groups in total. The van der Waals surface area contributed by atoms with Gasteiger partial charge in [0, 0.05) is 23.6 Å². The molecule has 6 atom stereocenters. The van der Waals surface area contributed by atoms with Gasteiger partial charge in [-0.15, -0.1) is 0 Å². The van der Waals surface area contributed by atoms with Gasteiger partial charge in [-0.1, -0.05) is 76.6 Å². The number of alkyl halides is 1. The van der Waals surface area contributed by atoms with Gasteiger partial charge in [0.15, 0.2) is 0 Å². The van der Waals surface area contributed by atoms with Gasteiger partial charge in [-0.2, -0.15) is 0 Å². The number of carbonyl (C=O) groups excluding carboxylic acids is 3. The molecule has 3 fully saturated rings. The number of halogens is 1. The minimum atomic E-state index is -1.17. The number of benzene rings is 3. The molecule has 3 aromatic rings. The summed E-state index contributed by atoms with van der Waals surface area (Å²) in [7, 11) is 0. The maximum absolute atomic E-state index is 13.8. The predicted molar refractivity (Wildman–Crippen MR) is 145 cm³/mol. The first kappa shape index (κ1) is 25.0. The quantitative estimate of drug-likeness (QED) is 0.374. The van der Waals surface area contributed by atoms with E-state index < -0.39 is 35.5 Å². The van der Waals surface area contributed by atoms with Crippen LogP contribution in [0.4, 0.5) is 5.69 Å². The summed E-state index contributed by atoms with van der Waals surface area (Å²) in [4.78, 5) is 42.2. The molecule has 0 aliphatic carbocycles. The monoisotopic (exact) mass is 577 g/mol. The van der Waals surface area contributed by atoms with Crippen LogP contribution < -0.4 is 10.6 Å². The molecule has 3 amide bonds. The van der Waals surface area contributed by atoms with Gasteiger partial charge >= 0.3 is 0 Å². The number of rotatable bonds is 7. The predicted octanol–water partition coefficient (Wildman–Crippen LogP) is 2.83. The topological polar surface area (TPSA) is 108 Å². The van der Waals surface area contributed by atoms with Gasteiger partial charge in [0.05, 0.1) is 24.5 Å². The van der Waals surface area contributed by atoms with Crippen molar-refractivity contribution >= 4 is 50.1 Å². The third-order valence-electron chi connectivity index (χ3n) is 8.01. The normalized spacial score (nSPS) is 29.5. The average molecular weight is 578 g/mol. The maximum atomic E-state index is 13.8. The summed E-state index contributed by atoms with van der Waals surface area (Å²) >= 11 is 3.66. The van der Waals surface area contributed by atoms with Crippen LogP contribution in [0.5, 0.6) is 0 Å². The third-order valence-corrected chi connectivity index (χ3v) is 8.85. The molecule has 3 unspecified atom stereocenters. The molecule has 9 heteroatoms. The van der Waals surface area contributed by atoms with Crippen molar-refractivity contribution in [2.45, 2.75) is 35.5 Å². The molecular formula is C29H28BrN3O5. The number of carbonyl (C=O) groups is 3. The number of ether oxygens (including phenoxy) is 1. The molecule has 196 valence electrons. The van der Waals surface area contributed by atoms with Crippen LogP contribution in [0.2, 0.25) is 0 Å². The van der Waals surface area contributed by atoms with E-state index in [2.05, 4.69) is 26.6 Å². The van der Waals surface area contributed by atoms with Crippen molar-refractivity contribution in [1.29, 1.82) is 0 Å². The third kappa shape index (κ3) is 4.00. The van der Waals surface area contributed by atoms with Crippen molar-refractivity contribution in [2.75, 3.05) is 18.5 Å². The van der Waals surface area contributed by atoms with Crippen LogP contribution in [0.25, 0.3) is 10.8 Å². The SMILES string of the molecule is O=C(Nc1ccc2ccccc2c1)C1N(CCO)C(=O)[C@@H]2[C@H](C(=O)NCc3ccccc3)[C@H]3OC12CC3Br. The van der Waals surface area contributed by atoms with Crippen molar-refractivity contribution in [3.8, 4) is 0 Å². The number of nitrogens with one attached hydrogen (secondary N) is 2.